The van der Waals surface area contributed by atoms with Gasteiger partial charge in [0.25, 0.3) is 0 Å². The number of likely N-dealkylation sites (N-methyl/N-ethyl adjacent to an activating group) is 1. The molecule has 4 rings (SSSR count). The maximum absolute atomic E-state index is 13.1. The van der Waals surface area contributed by atoms with Crippen LogP contribution in [0.3, 0.4) is 0 Å². The Labute approximate surface area is 154 Å². The van der Waals surface area contributed by atoms with Crippen molar-refractivity contribution in [2.24, 2.45) is 0 Å². The summed E-state index contributed by atoms with van der Waals surface area (Å²) in [7, 11) is 3.94. The zero-order chi connectivity index (χ0) is 18.1. The molecule has 2 aliphatic heterocycles. The van der Waals surface area contributed by atoms with Gasteiger partial charge >= 0.3 is 0 Å². The summed E-state index contributed by atoms with van der Waals surface area (Å²) in [5.74, 6) is 1.20. The van der Waals surface area contributed by atoms with Crippen molar-refractivity contribution in [2.75, 3.05) is 55.4 Å². The number of nitrogens with zero attached hydrogens (tertiary/aromatic N) is 4. The van der Waals surface area contributed by atoms with Crippen LogP contribution in [-0.2, 0) is 11.2 Å². The Morgan fingerprint density at radius 1 is 1.12 bits per heavy atom. The zero-order valence-corrected chi connectivity index (χ0v) is 15.4. The SMILES string of the molecule is CNc1cccnc1N1CCN(C(=O)C2Cc3ccccc3N2C)CC1. The molecule has 1 unspecified atom stereocenters. The molecule has 6 nitrogen and oxygen atoms in total. The Hall–Kier alpha value is -2.76. The van der Waals surface area contributed by atoms with E-state index in [0.29, 0.717) is 0 Å². The number of rotatable bonds is 3. The molecular formula is C20H25N5O. The van der Waals surface area contributed by atoms with E-state index in [0.717, 1.165) is 44.1 Å². The number of aromatic nitrogens is 1. The van der Waals surface area contributed by atoms with Gasteiger partial charge < -0.3 is 20.0 Å². The summed E-state index contributed by atoms with van der Waals surface area (Å²) >= 11 is 0. The summed E-state index contributed by atoms with van der Waals surface area (Å²) in [5, 5.41) is 3.20. The van der Waals surface area contributed by atoms with Gasteiger partial charge in [-0.25, -0.2) is 4.98 Å². The molecule has 3 heterocycles. The summed E-state index contributed by atoms with van der Waals surface area (Å²) < 4.78 is 0. The minimum Gasteiger partial charge on any atom is -0.385 e. The minimum atomic E-state index is -0.0818. The van der Waals surface area contributed by atoms with E-state index in [-0.39, 0.29) is 11.9 Å². The van der Waals surface area contributed by atoms with E-state index in [4.69, 9.17) is 0 Å². The fourth-order valence-corrected chi connectivity index (χ4v) is 3.99. The van der Waals surface area contributed by atoms with Gasteiger partial charge in [-0.2, -0.15) is 0 Å². The Balaban J connectivity index is 1.42. The number of fused-ring (bicyclic) bond motifs is 1. The number of piperazine rings is 1. The van der Waals surface area contributed by atoms with Gasteiger partial charge in [-0.1, -0.05) is 18.2 Å². The van der Waals surface area contributed by atoms with Crippen molar-refractivity contribution in [3.05, 3.63) is 48.2 Å². The molecule has 2 aromatic rings. The number of anilines is 3. The van der Waals surface area contributed by atoms with Gasteiger partial charge in [-0.3, -0.25) is 4.79 Å². The number of para-hydroxylation sites is 1. The van der Waals surface area contributed by atoms with Crippen molar-refractivity contribution in [2.45, 2.75) is 12.5 Å². The molecule has 1 atom stereocenters. The maximum Gasteiger partial charge on any atom is 0.245 e. The fourth-order valence-electron chi connectivity index (χ4n) is 3.99. The lowest BCUT2D eigenvalue weighted by molar-refractivity contribution is -0.132. The summed E-state index contributed by atoms with van der Waals surface area (Å²) in [4.78, 5) is 24.0. The second kappa shape index (κ2) is 6.86. The molecule has 1 aromatic heterocycles. The maximum atomic E-state index is 13.1. The van der Waals surface area contributed by atoms with E-state index in [2.05, 4.69) is 32.2 Å². The summed E-state index contributed by atoms with van der Waals surface area (Å²) in [6.45, 7) is 3.08. The molecule has 1 fully saturated rings. The highest BCUT2D eigenvalue weighted by Crippen LogP contribution is 2.31. The van der Waals surface area contributed by atoms with E-state index in [1.807, 2.05) is 49.5 Å². The van der Waals surface area contributed by atoms with Crippen LogP contribution < -0.4 is 15.1 Å². The van der Waals surface area contributed by atoms with Crippen LogP contribution in [-0.4, -0.2) is 62.1 Å². The lowest BCUT2D eigenvalue weighted by atomic mass is 10.1. The number of benzene rings is 1. The van der Waals surface area contributed by atoms with Gasteiger partial charge in [-0.15, -0.1) is 0 Å². The van der Waals surface area contributed by atoms with Gasteiger partial charge in [-0.05, 0) is 23.8 Å². The van der Waals surface area contributed by atoms with Crippen LogP contribution in [0, 0.1) is 0 Å². The third-order valence-electron chi connectivity index (χ3n) is 5.48. The van der Waals surface area contributed by atoms with Gasteiger partial charge in [0.1, 0.15) is 6.04 Å². The first-order valence-electron chi connectivity index (χ1n) is 9.16. The standard InChI is InChI=1S/C20H25N5O/c1-21-16-7-5-9-22-19(16)24-10-12-25(13-11-24)20(26)18-14-15-6-3-4-8-17(15)23(18)2/h3-9,18,21H,10-14H2,1-2H3. The summed E-state index contributed by atoms with van der Waals surface area (Å²) in [6, 6.07) is 12.2. The number of carbonyl (C=O) groups excluding carboxylic acids is 1. The van der Waals surface area contributed by atoms with Crippen LogP contribution in [0.15, 0.2) is 42.6 Å². The molecule has 1 amide bonds. The van der Waals surface area contributed by atoms with Crippen molar-refractivity contribution in [3.63, 3.8) is 0 Å². The monoisotopic (exact) mass is 351 g/mol. The van der Waals surface area contributed by atoms with E-state index in [1.165, 1.54) is 11.3 Å². The van der Waals surface area contributed by atoms with Crippen molar-refractivity contribution in [1.82, 2.24) is 9.88 Å². The lowest BCUT2D eigenvalue weighted by Gasteiger charge is -2.38. The molecule has 136 valence electrons. The summed E-state index contributed by atoms with van der Waals surface area (Å²) in [6.07, 6.45) is 2.62. The molecule has 1 N–H and O–H groups in total. The second-order valence-electron chi connectivity index (χ2n) is 6.90. The number of pyridine rings is 1. The minimum absolute atomic E-state index is 0.0818. The van der Waals surface area contributed by atoms with E-state index >= 15 is 0 Å². The average Bonchev–Trinajstić information content (AvgIpc) is 3.04. The van der Waals surface area contributed by atoms with Crippen LogP contribution in [0.1, 0.15) is 5.56 Å². The Kier molecular flexibility index (Phi) is 4.41. The molecule has 0 bridgehead atoms. The van der Waals surface area contributed by atoms with E-state index in [1.54, 1.807) is 0 Å². The highest BCUT2D eigenvalue weighted by Gasteiger charge is 2.35. The zero-order valence-electron chi connectivity index (χ0n) is 15.4. The van der Waals surface area contributed by atoms with Crippen molar-refractivity contribution in [1.29, 1.82) is 0 Å². The molecule has 2 aliphatic rings. The topological polar surface area (TPSA) is 51.7 Å². The van der Waals surface area contributed by atoms with Crippen LogP contribution in [0.25, 0.3) is 0 Å². The molecule has 0 saturated carbocycles. The predicted molar refractivity (Wildman–Crippen MR) is 105 cm³/mol. The molecule has 0 radical (unpaired) electrons. The smallest absolute Gasteiger partial charge is 0.245 e. The van der Waals surface area contributed by atoms with Crippen molar-refractivity contribution < 1.29 is 4.79 Å². The first-order chi connectivity index (χ1) is 12.7. The highest BCUT2D eigenvalue weighted by molar-refractivity contribution is 5.88. The fraction of sp³-hybridized carbons (Fsp3) is 0.400. The lowest BCUT2D eigenvalue weighted by Crippen LogP contribution is -2.54. The number of nitrogens with one attached hydrogen (secondary N) is 1. The van der Waals surface area contributed by atoms with Crippen molar-refractivity contribution >= 4 is 23.1 Å². The predicted octanol–water partition coefficient (Wildman–Crippen LogP) is 1.83. The molecule has 1 saturated heterocycles. The van der Waals surface area contributed by atoms with Gasteiger partial charge in [0, 0.05) is 58.6 Å². The molecular weight excluding hydrogens is 326 g/mol. The molecule has 26 heavy (non-hydrogen) atoms. The number of carbonyl (C=O) groups is 1. The number of amides is 1. The first-order valence-corrected chi connectivity index (χ1v) is 9.16. The van der Waals surface area contributed by atoms with Crippen LogP contribution >= 0.6 is 0 Å². The quantitative estimate of drug-likeness (QED) is 0.914. The Bertz CT molecular complexity index is 800. The van der Waals surface area contributed by atoms with E-state index < -0.39 is 0 Å². The Morgan fingerprint density at radius 3 is 2.62 bits per heavy atom. The first kappa shape index (κ1) is 16.7. The van der Waals surface area contributed by atoms with Gasteiger partial charge in [0.15, 0.2) is 5.82 Å². The third kappa shape index (κ3) is 2.85. The normalized spacial score (nSPS) is 19.5. The number of hydrogen-bond acceptors (Lipinski definition) is 5. The largest absolute Gasteiger partial charge is 0.385 e. The van der Waals surface area contributed by atoms with Crippen LogP contribution in [0.2, 0.25) is 0 Å². The second-order valence-corrected chi connectivity index (χ2v) is 6.90. The molecule has 6 heteroatoms. The van der Waals surface area contributed by atoms with Gasteiger partial charge in [0.2, 0.25) is 5.91 Å². The third-order valence-corrected chi connectivity index (χ3v) is 5.48. The van der Waals surface area contributed by atoms with Crippen LogP contribution in [0.4, 0.5) is 17.2 Å². The molecule has 0 aliphatic carbocycles. The Morgan fingerprint density at radius 2 is 1.88 bits per heavy atom. The average molecular weight is 351 g/mol. The summed E-state index contributed by atoms with van der Waals surface area (Å²) in [5.41, 5.74) is 3.47. The molecule has 0 spiro atoms. The van der Waals surface area contributed by atoms with Crippen molar-refractivity contribution in [3.8, 4) is 0 Å². The van der Waals surface area contributed by atoms with Crippen LogP contribution in [0.5, 0.6) is 0 Å². The highest BCUT2D eigenvalue weighted by atomic mass is 16.2. The number of hydrogen-bond donors (Lipinski definition) is 1. The van der Waals surface area contributed by atoms with E-state index in [9.17, 15) is 4.79 Å². The van der Waals surface area contributed by atoms with Gasteiger partial charge in [0.05, 0.1) is 5.69 Å². The molecule has 1 aromatic carbocycles.